The predicted octanol–water partition coefficient (Wildman–Crippen LogP) is 7.61. The molecule has 1 heterocycles. The topological polar surface area (TPSA) is 33.2 Å². The number of aromatic nitrogens is 1. The summed E-state index contributed by atoms with van der Waals surface area (Å²) in [7, 11) is 0. The molecule has 1 aromatic heterocycles. The van der Waals surface area contributed by atoms with Gasteiger partial charge in [0.25, 0.3) is 0 Å². The second kappa shape index (κ2) is 10.0. The number of allylic oxidation sites excluding steroid dienone is 1. The van der Waals surface area contributed by atoms with Crippen molar-refractivity contribution < 1.29 is 4.79 Å². The van der Waals surface area contributed by atoms with Crippen LogP contribution >= 0.6 is 11.6 Å². The number of benzene rings is 3. The molecular weight excluding hydrogens is 428 g/mol. The van der Waals surface area contributed by atoms with E-state index in [1.807, 2.05) is 73.7 Å². The molecule has 3 nitrogen and oxygen atoms in total. The average Bonchev–Trinajstić information content (AvgIpc) is 2.84. The van der Waals surface area contributed by atoms with Crippen molar-refractivity contribution >= 4 is 40.1 Å². The maximum absolute atomic E-state index is 13.5. The lowest BCUT2D eigenvalue weighted by molar-refractivity contribution is 0.104. The lowest BCUT2D eigenvalue weighted by atomic mass is 9.92. The Morgan fingerprint density at radius 2 is 1.67 bits per heavy atom. The maximum Gasteiger partial charge on any atom is 0.188 e. The smallest absolute Gasteiger partial charge is 0.188 e. The van der Waals surface area contributed by atoms with Gasteiger partial charge in [-0.15, -0.1) is 0 Å². The first-order valence-corrected chi connectivity index (χ1v) is 11.6. The fraction of sp³-hybridized carbons (Fsp3) is 0.172. The first-order chi connectivity index (χ1) is 16.0. The van der Waals surface area contributed by atoms with Crippen molar-refractivity contribution in [3.05, 3.63) is 101 Å². The van der Waals surface area contributed by atoms with Crippen molar-refractivity contribution in [2.45, 2.75) is 20.8 Å². The molecule has 0 aliphatic rings. The second-order valence-electron chi connectivity index (χ2n) is 7.94. The third-order valence-corrected chi connectivity index (χ3v) is 6.12. The van der Waals surface area contributed by atoms with Gasteiger partial charge < -0.3 is 4.90 Å². The quantitative estimate of drug-likeness (QED) is 0.213. The van der Waals surface area contributed by atoms with E-state index in [-0.39, 0.29) is 5.78 Å². The van der Waals surface area contributed by atoms with Crippen LogP contribution in [0.1, 0.15) is 35.5 Å². The number of rotatable bonds is 7. The highest BCUT2D eigenvalue weighted by Gasteiger charge is 2.19. The van der Waals surface area contributed by atoms with E-state index in [4.69, 9.17) is 16.6 Å². The molecule has 0 aliphatic heterocycles. The minimum Gasteiger partial charge on any atom is -0.372 e. The monoisotopic (exact) mass is 454 g/mol. The van der Waals surface area contributed by atoms with E-state index < -0.39 is 0 Å². The number of pyridine rings is 1. The Balaban J connectivity index is 1.76. The maximum atomic E-state index is 13.5. The molecule has 0 saturated carbocycles. The van der Waals surface area contributed by atoms with Crippen molar-refractivity contribution in [1.82, 2.24) is 4.98 Å². The number of ketones is 1. The Labute approximate surface area is 200 Å². The molecule has 166 valence electrons. The van der Waals surface area contributed by atoms with E-state index in [1.54, 1.807) is 6.08 Å². The standard InChI is InChI=1S/C29H27ClN2O/c1-4-32(5-2)24-15-11-21(12-16-24)13-18-27(33)28-20(3)31-26-17-14-23(30)19-25(26)29(28)22-9-7-6-8-10-22/h6-19H,4-5H2,1-3H3/b18-13+. The summed E-state index contributed by atoms with van der Waals surface area (Å²) in [6.07, 6.45) is 3.50. The van der Waals surface area contributed by atoms with Crippen LogP contribution in [0.15, 0.2) is 78.9 Å². The average molecular weight is 455 g/mol. The summed E-state index contributed by atoms with van der Waals surface area (Å²) in [6, 6.07) is 23.8. The van der Waals surface area contributed by atoms with Crippen molar-refractivity contribution in [2.75, 3.05) is 18.0 Å². The van der Waals surface area contributed by atoms with Gasteiger partial charge in [0.2, 0.25) is 0 Å². The first-order valence-electron chi connectivity index (χ1n) is 11.2. The van der Waals surface area contributed by atoms with Crippen molar-refractivity contribution in [3.8, 4) is 11.1 Å². The van der Waals surface area contributed by atoms with E-state index in [9.17, 15) is 4.79 Å². The molecule has 4 aromatic rings. The molecule has 0 amide bonds. The van der Waals surface area contributed by atoms with Gasteiger partial charge >= 0.3 is 0 Å². The van der Waals surface area contributed by atoms with Crippen LogP contribution in [0, 0.1) is 6.92 Å². The lowest BCUT2D eigenvalue weighted by Gasteiger charge is -2.20. The van der Waals surface area contributed by atoms with Gasteiger partial charge in [-0.1, -0.05) is 60.1 Å². The molecule has 0 spiro atoms. The molecule has 33 heavy (non-hydrogen) atoms. The van der Waals surface area contributed by atoms with E-state index in [1.165, 1.54) is 5.69 Å². The van der Waals surface area contributed by atoms with Crippen LogP contribution in [0.3, 0.4) is 0 Å². The minimum atomic E-state index is -0.0754. The Morgan fingerprint density at radius 3 is 2.33 bits per heavy atom. The van der Waals surface area contributed by atoms with Gasteiger partial charge in [0.1, 0.15) is 0 Å². The summed E-state index contributed by atoms with van der Waals surface area (Å²) >= 11 is 6.32. The highest BCUT2D eigenvalue weighted by molar-refractivity contribution is 6.31. The van der Waals surface area contributed by atoms with Crippen LogP contribution in [0.4, 0.5) is 5.69 Å². The van der Waals surface area contributed by atoms with E-state index >= 15 is 0 Å². The number of fused-ring (bicyclic) bond motifs is 1. The van der Waals surface area contributed by atoms with Crippen LogP contribution in [0.2, 0.25) is 5.02 Å². The number of carbonyl (C=O) groups is 1. The van der Waals surface area contributed by atoms with Crippen molar-refractivity contribution in [1.29, 1.82) is 0 Å². The van der Waals surface area contributed by atoms with E-state index in [0.717, 1.165) is 40.7 Å². The van der Waals surface area contributed by atoms with Gasteiger partial charge in [-0.3, -0.25) is 9.78 Å². The molecule has 3 aromatic carbocycles. The number of nitrogens with zero attached hydrogens (tertiary/aromatic N) is 2. The van der Waals surface area contributed by atoms with Gasteiger partial charge in [0, 0.05) is 40.4 Å². The SMILES string of the molecule is CCN(CC)c1ccc(/C=C/C(=O)c2c(C)nc3ccc(Cl)cc3c2-c2ccccc2)cc1. The molecule has 0 saturated heterocycles. The number of anilines is 1. The third kappa shape index (κ3) is 4.84. The van der Waals surface area contributed by atoms with Gasteiger partial charge in [-0.2, -0.15) is 0 Å². The van der Waals surface area contributed by atoms with Crippen LogP contribution in [0.5, 0.6) is 0 Å². The Kier molecular flexibility index (Phi) is 6.90. The Bertz CT molecular complexity index is 1310. The molecule has 0 bridgehead atoms. The normalized spacial score (nSPS) is 11.3. The summed E-state index contributed by atoms with van der Waals surface area (Å²) in [5.74, 6) is -0.0754. The molecule has 0 unspecified atom stereocenters. The third-order valence-electron chi connectivity index (χ3n) is 5.89. The molecule has 4 heteroatoms. The molecule has 0 atom stereocenters. The molecule has 0 radical (unpaired) electrons. The summed E-state index contributed by atoms with van der Waals surface area (Å²) < 4.78 is 0. The minimum absolute atomic E-state index is 0.0754. The van der Waals surface area contributed by atoms with Crippen LogP contribution < -0.4 is 4.90 Å². The van der Waals surface area contributed by atoms with Crippen LogP contribution in [-0.4, -0.2) is 23.9 Å². The summed E-state index contributed by atoms with van der Waals surface area (Å²) in [5, 5.41) is 1.49. The largest absolute Gasteiger partial charge is 0.372 e. The number of halogens is 1. The lowest BCUT2D eigenvalue weighted by Crippen LogP contribution is -2.21. The second-order valence-corrected chi connectivity index (χ2v) is 8.37. The zero-order chi connectivity index (χ0) is 23.4. The zero-order valence-electron chi connectivity index (χ0n) is 19.2. The highest BCUT2D eigenvalue weighted by Crippen LogP contribution is 2.35. The van der Waals surface area contributed by atoms with E-state index in [2.05, 4.69) is 30.9 Å². The number of carbonyl (C=O) groups excluding carboxylic acids is 1. The van der Waals surface area contributed by atoms with Crippen molar-refractivity contribution in [3.63, 3.8) is 0 Å². The zero-order valence-corrected chi connectivity index (χ0v) is 19.9. The number of hydrogen-bond acceptors (Lipinski definition) is 3. The molecule has 0 aliphatic carbocycles. The van der Waals surface area contributed by atoms with Crippen LogP contribution in [0.25, 0.3) is 28.1 Å². The van der Waals surface area contributed by atoms with Gasteiger partial charge in [0.05, 0.1) is 11.1 Å². The van der Waals surface area contributed by atoms with Crippen molar-refractivity contribution in [2.24, 2.45) is 0 Å². The molecule has 4 rings (SSSR count). The number of hydrogen-bond donors (Lipinski definition) is 0. The summed E-state index contributed by atoms with van der Waals surface area (Å²) in [6.45, 7) is 8.11. The summed E-state index contributed by atoms with van der Waals surface area (Å²) in [4.78, 5) is 20.5. The fourth-order valence-corrected chi connectivity index (χ4v) is 4.38. The number of aryl methyl sites for hydroxylation is 1. The van der Waals surface area contributed by atoms with Crippen LogP contribution in [-0.2, 0) is 0 Å². The Hall–Kier alpha value is -3.43. The fourth-order valence-electron chi connectivity index (χ4n) is 4.20. The highest BCUT2D eigenvalue weighted by atomic mass is 35.5. The molecular formula is C29H27ClN2O. The van der Waals surface area contributed by atoms with Gasteiger partial charge in [-0.05, 0) is 68.3 Å². The van der Waals surface area contributed by atoms with Gasteiger partial charge in [-0.25, -0.2) is 0 Å². The van der Waals surface area contributed by atoms with Gasteiger partial charge in [0.15, 0.2) is 5.78 Å². The molecule has 0 fully saturated rings. The molecule has 0 N–H and O–H groups in total. The summed E-state index contributed by atoms with van der Waals surface area (Å²) in [5.41, 5.74) is 6.13. The van der Waals surface area contributed by atoms with E-state index in [0.29, 0.717) is 16.3 Å². The Morgan fingerprint density at radius 1 is 0.970 bits per heavy atom. The predicted molar refractivity (Wildman–Crippen MR) is 140 cm³/mol. The first kappa shape index (κ1) is 22.8.